The first-order valence-electron chi connectivity index (χ1n) is 7.74. The van der Waals surface area contributed by atoms with E-state index in [4.69, 9.17) is 0 Å². The van der Waals surface area contributed by atoms with Crippen molar-refractivity contribution in [3.05, 3.63) is 59.7 Å². The molecule has 0 saturated carbocycles. The average molecular weight is 365 g/mol. The monoisotopic (exact) mass is 365 g/mol. The van der Waals surface area contributed by atoms with Crippen LogP contribution in [0.1, 0.15) is 18.1 Å². The third-order valence-electron chi connectivity index (χ3n) is 4.30. The Labute approximate surface area is 142 Å². The van der Waals surface area contributed by atoms with Crippen molar-refractivity contribution in [3.63, 3.8) is 0 Å². The van der Waals surface area contributed by atoms with Crippen molar-refractivity contribution in [1.82, 2.24) is 4.31 Å². The molecule has 7 heteroatoms. The quantitative estimate of drug-likeness (QED) is 0.833. The first-order chi connectivity index (χ1) is 11.3. The lowest BCUT2D eigenvalue weighted by Crippen LogP contribution is -2.35. The van der Waals surface area contributed by atoms with E-state index in [0.717, 1.165) is 5.56 Å². The molecule has 0 amide bonds. The van der Waals surface area contributed by atoms with Gasteiger partial charge >= 0.3 is 0 Å². The predicted octanol–water partition coefficient (Wildman–Crippen LogP) is 2.23. The minimum atomic E-state index is -3.64. The van der Waals surface area contributed by atoms with Gasteiger partial charge in [-0.2, -0.15) is 4.31 Å². The van der Waals surface area contributed by atoms with Gasteiger partial charge < -0.3 is 0 Å². The van der Waals surface area contributed by atoms with Crippen molar-refractivity contribution < 1.29 is 16.8 Å². The van der Waals surface area contributed by atoms with Gasteiger partial charge in [0.05, 0.1) is 15.5 Å². The molecule has 1 aliphatic heterocycles. The molecule has 3 rings (SSSR count). The third-order valence-corrected chi connectivity index (χ3v) is 7.91. The smallest absolute Gasteiger partial charge is 0.224 e. The van der Waals surface area contributed by atoms with Crippen LogP contribution in [0, 0.1) is 0 Å². The summed E-state index contributed by atoms with van der Waals surface area (Å²) in [7, 11) is -6.97. The minimum absolute atomic E-state index is 0.0119. The van der Waals surface area contributed by atoms with Crippen LogP contribution < -0.4 is 0 Å². The Morgan fingerprint density at radius 1 is 0.875 bits per heavy atom. The minimum Gasteiger partial charge on any atom is -0.224 e. The zero-order valence-corrected chi connectivity index (χ0v) is 15.0. The van der Waals surface area contributed by atoms with Gasteiger partial charge in [0, 0.05) is 13.1 Å². The Balaban J connectivity index is 1.89. The standard InChI is InChI=1S/C17H19NO4S2/c1-2-23(19,20)16-7-9-17(10-8-16)24(21,22)18-12-11-14-5-3-4-6-15(14)13-18/h3-10H,2,11-13H2,1H3. The van der Waals surface area contributed by atoms with Crippen molar-refractivity contribution in [2.75, 3.05) is 12.3 Å². The Bertz CT molecular complexity index is 948. The summed E-state index contributed by atoms with van der Waals surface area (Å²) in [4.78, 5) is 0.268. The van der Waals surface area contributed by atoms with E-state index in [-0.39, 0.29) is 15.5 Å². The van der Waals surface area contributed by atoms with Crippen molar-refractivity contribution in [1.29, 1.82) is 0 Å². The molecule has 0 bridgehead atoms. The lowest BCUT2D eigenvalue weighted by atomic mass is 10.0. The predicted molar refractivity (Wildman–Crippen MR) is 91.9 cm³/mol. The summed E-state index contributed by atoms with van der Waals surface area (Å²) in [6.45, 7) is 2.33. The summed E-state index contributed by atoms with van der Waals surface area (Å²) >= 11 is 0. The van der Waals surface area contributed by atoms with Gasteiger partial charge in [0.25, 0.3) is 0 Å². The van der Waals surface area contributed by atoms with Gasteiger partial charge in [0.15, 0.2) is 9.84 Å². The van der Waals surface area contributed by atoms with Gasteiger partial charge in [-0.1, -0.05) is 31.2 Å². The largest absolute Gasteiger partial charge is 0.243 e. The van der Waals surface area contributed by atoms with Gasteiger partial charge in [-0.15, -0.1) is 0 Å². The number of fused-ring (bicyclic) bond motifs is 1. The fourth-order valence-electron chi connectivity index (χ4n) is 2.81. The first-order valence-corrected chi connectivity index (χ1v) is 10.8. The number of hydrogen-bond acceptors (Lipinski definition) is 4. The van der Waals surface area contributed by atoms with Gasteiger partial charge in [0.2, 0.25) is 10.0 Å². The van der Waals surface area contributed by atoms with Crippen molar-refractivity contribution in [2.24, 2.45) is 0 Å². The van der Waals surface area contributed by atoms with Crippen LogP contribution in [0.5, 0.6) is 0 Å². The Morgan fingerprint density at radius 2 is 1.46 bits per heavy atom. The van der Waals surface area contributed by atoms with Crippen LogP contribution in [0.4, 0.5) is 0 Å². The molecule has 0 unspecified atom stereocenters. The summed E-state index contributed by atoms with van der Waals surface area (Å²) in [5.41, 5.74) is 2.19. The van der Waals surface area contributed by atoms with Crippen LogP contribution >= 0.6 is 0 Å². The highest BCUT2D eigenvalue weighted by molar-refractivity contribution is 7.91. The molecule has 2 aromatic carbocycles. The molecule has 0 radical (unpaired) electrons. The van der Waals surface area contributed by atoms with Crippen LogP contribution in [-0.2, 0) is 32.8 Å². The molecular weight excluding hydrogens is 346 g/mol. The van der Waals surface area contributed by atoms with E-state index in [9.17, 15) is 16.8 Å². The number of sulfonamides is 1. The van der Waals surface area contributed by atoms with E-state index in [0.29, 0.717) is 19.5 Å². The van der Waals surface area contributed by atoms with E-state index in [1.165, 1.54) is 34.1 Å². The van der Waals surface area contributed by atoms with E-state index < -0.39 is 19.9 Å². The number of rotatable bonds is 4. The highest BCUT2D eigenvalue weighted by Crippen LogP contribution is 2.25. The topological polar surface area (TPSA) is 71.5 Å². The van der Waals surface area contributed by atoms with Crippen molar-refractivity contribution in [2.45, 2.75) is 29.7 Å². The van der Waals surface area contributed by atoms with Crippen LogP contribution in [0.2, 0.25) is 0 Å². The second-order valence-electron chi connectivity index (χ2n) is 5.73. The number of sulfone groups is 1. The Kier molecular flexibility index (Phi) is 4.50. The number of hydrogen-bond donors (Lipinski definition) is 0. The van der Waals surface area contributed by atoms with E-state index >= 15 is 0 Å². The Hall–Kier alpha value is -1.70. The van der Waals surface area contributed by atoms with Crippen LogP contribution in [-0.4, -0.2) is 33.4 Å². The molecule has 0 aliphatic carbocycles. The molecule has 0 spiro atoms. The lowest BCUT2D eigenvalue weighted by molar-refractivity contribution is 0.391. The third kappa shape index (κ3) is 3.11. The molecule has 0 N–H and O–H groups in total. The maximum atomic E-state index is 12.8. The molecule has 1 aliphatic rings. The Morgan fingerprint density at radius 3 is 2.08 bits per heavy atom. The molecule has 128 valence electrons. The van der Waals surface area contributed by atoms with E-state index in [1.807, 2.05) is 24.3 Å². The second-order valence-corrected chi connectivity index (χ2v) is 9.95. The van der Waals surface area contributed by atoms with E-state index in [1.54, 1.807) is 6.92 Å². The average Bonchev–Trinajstić information content (AvgIpc) is 2.61. The summed E-state index contributed by atoms with van der Waals surface area (Å²) in [6.07, 6.45) is 0.678. The zero-order valence-electron chi connectivity index (χ0n) is 13.3. The molecule has 0 saturated heterocycles. The molecule has 5 nitrogen and oxygen atoms in total. The summed E-state index contributed by atoms with van der Waals surface area (Å²) in [5.74, 6) is -0.0119. The zero-order chi connectivity index (χ0) is 17.4. The highest BCUT2D eigenvalue weighted by Gasteiger charge is 2.28. The van der Waals surface area contributed by atoms with Crippen molar-refractivity contribution >= 4 is 19.9 Å². The van der Waals surface area contributed by atoms with Crippen LogP contribution in [0.25, 0.3) is 0 Å². The maximum absolute atomic E-state index is 12.8. The molecular formula is C17H19NO4S2. The molecule has 1 heterocycles. The van der Waals surface area contributed by atoms with Gasteiger partial charge in [-0.25, -0.2) is 16.8 Å². The highest BCUT2D eigenvalue weighted by atomic mass is 32.2. The normalized spacial score (nSPS) is 15.9. The van der Waals surface area contributed by atoms with Gasteiger partial charge in [-0.3, -0.25) is 0 Å². The van der Waals surface area contributed by atoms with E-state index in [2.05, 4.69) is 0 Å². The van der Waals surface area contributed by atoms with Gasteiger partial charge in [-0.05, 0) is 41.8 Å². The summed E-state index contributed by atoms with van der Waals surface area (Å²) in [6, 6.07) is 13.3. The fourth-order valence-corrected chi connectivity index (χ4v) is 5.11. The first kappa shape index (κ1) is 17.1. The molecule has 2 aromatic rings. The SMILES string of the molecule is CCS(=O)(=O)c1ccc(S(=O)(=O)N2CCc3ccccc3C2)cc1. The number of benzene rings is 2. The molecule has 0 atom stereocenters. The van der Waals surface area contributed by atoms with Crippen LogP contribution in [0.3, 0.4) is 0 Å². The summed E-state index contributed by atoms with van der Waals surface area (Å²) < 4.78 is 50.7. The van der Waals surface area contributed by atoms with Crippen molar-refractivity contribution in [3.8, 4) is 0 Å². The lowest BCUT2D eigenvalue weighted by Gasteiger charge is -2.28. The van der Waals surface area contributed by atoms with Crippen LogP contribution in [0.15, 0.2) is 58.3 Å². The number of nitrogens with zero attached hydrogens (tertiary/aromatic N) is 1. The fraction of sp³-hybridized carbons (Fsp3) is 0.294. The molecule has 24 heavy (non-hydrogen) atoms. The van der Waals surface area contributed by atoms with Gasteiger partial charge in [0.1, 0.15) is 0 Å². The second kappa shape index (κ2) is 6.31. The maximum Gasteiger partial charge on any atom is 0.243 e. The summed E-state index contributed by atoms with van der Waals surface area (Å²) in [5, 5.41) is 0. The molecule has 0 aromatic heterocycles. The molecule has 0 fully saturated rings.